The molecule has 1 amide bonds. The average Bonchev–Trinajstić information content (AvgIpc) is 3.10. The van der Waals surface area contributed by atoms with Crippen molar-refractivity contribution in [3.8, 4) is 0 Å². The molecule has 1 aromatic heterocycles. The average molecular weight is 331 g/mol. The fourth-order valence-electron chi connectivity index (χ4n) is 3.90. The van der Waals surface area contributed by atoms with Crippen LogP contribution in [-0.2, 0) is 4.79 Å². The maximum Gasteiger partial charge on any atom is 0.240 e. The first kappa shape index (κ1) is 17.1. The first-order valence-corrected chi connectivity index (χ1v) is 9.22. The van der Waals surface area contributed by atoms with Gasteiger partial charge in [-0.1, -0.05) is 13.8 Å². The zero-order chi connectivity index (χ0) is 16.9. The highest BCUT2D eigenvalue weighted by Crippen LogP contribution is 2.22. The van der Waals surface area contributed by atoms with Crippen molar-refractivity contribution in [1.29, 1.82) is 0 Å². The molecular weight excluding hydrogens is 302 g/mol. The van der Waals surface area contributed by atoms with Gasteiger partial charge in [0.25, 0.3) is 0 Å². The number of piperidine rings is 1. The molecule has 1 atom stereocenters. The van der Waals surface area contributed by atoms with Gasteiger partial charge in [-0.2, -0.15) is 5.10 Å². The molecule has 2 aliphatic heterocycles. The standard InChI is InChI=1S/C18H29N5O/c1-14(2)17(22-10-3-4-11-22)18(24)23-12-7-15(8-13-23)20-16-6-5-9-19-21-16/h5-6,9,14-15,17H,3-4,7-8,10-13H2,1-2H3,(H,20,21)/t17-/m0/s1. The van der Waals surface area contributed by atoms with Gasteiger partial charge >= 0.3 is 0 Å². The van der Waals surface area contributed by atoms with Gasteiger partial charge in [0.1, 0.15) is 5.82 Å². The smallest absolute Gasteiger partial charge is 0.240 e. The highest BCUT2D eigenvalue weighted by atomic mass is 16.2. The second-order valence-corrected chi connectivity index (χ2v) is 7.28. The van der Waals surface area contributed by atoms with Crippen LogP contribution in [0.25, 0.3) is 0 Å². The lowest BCUT2D eigenvalue weighted by atomic mass is 9.98. The highest BCUT2D eigenvalue weighted by Gasteiger charge is 2.35. The minimum atomic E-state index is 0.0528. The van der Waals surface area contributed by atoms with E-state index in [0.717, 1.165) is 44.8 Å². The number of hydrogen-bond donors (Lipinski definition) is 1. The molecule has 0 radical (unpaired) electrons. The summed E-state index contributed by atoms with van der Waals surface area (Å²) in [5.74, 6) is 1.51. The summed E-state index contributed by atoms with van der Waals surface area (Å²) in [4.78, 5) is 17.5. The summed E-state index contributed by atoms with van der Waals surface area (Å²) >= 11 is 0. The van der Waals surface area contributed by atoms with Gasteiger partial charge in [0, 0.05) is 25.3 Å². The summed E-state index contributed by atoms with van der Waals surface area (Å²) in [7, 11) is 0. The van der Waals surface area contributed by atoms with Crippen LogP contribution < -0.4 is 5.32 Å². The first-order chi connectivity index (χ1) is 11.6. The van der Waals surface area contributed by atoms with E-state index in [0.29, 0.717) is 17.9 Å². The summed E-state index contributed by atoms with van der Waals surface area (Å²) < 4.78 is 0. The second-order valence-electron chi connectivity index (χ2n) is 7.28. The van der Waals surface area contributed by atoms with Gasteiger partial charge in [-0.05, 0) is 56.8 Å². The van der Waals surface area contributed by atoms with Crippen molar-refractivity contribution in [2.75, 3.05) is 31.5 Å². The SMILES string of the molecule is CC(C)[C@@H](C(=O)N1CCC(Nc2cccnn2)CC1)N1CCCC1. The summed E-state index contributed by atoms with van der Waals surface area (Å²) in [6.07, 6.45) is 6.05. The summed E-state index contributed by atoms with van der Waals surface area (Å²) in [6, 6.07) is 4.25. The summed E-state index contributed by atoms with van der Waals surface area (Å²) in [5.41, 5.74) is 0. The third-order valence-electron chi connectivity index (χ3n) is 5.15. The number of amides is 1. The topological polar surface area (TPSA) is 61.4 Å². The zero-order valence-corrected chi connectivity index (χ0v) is 14.8. The molecule has 0 saturated carbocycles. The first-order valence-electron chi connectivity index (χ1n) is 9.22. The number of rotatable bonds is 5. The van der Waals surface area contributed by atoms with E-state index in [1.807, 2.05) is 12.1 Å². The molecule has 3 heterocycles. The molecule has 2 fully saturated rings. The molecule has 24 heavy (non-hydrogen) atoms. The monoisotopic (exact) mass is 331 g/mol. The van der Waals surface area contributed by atoms with Gasteiger partial charge in [0.05, 0.1) is 6.04 Å². The third-order valence-corrected chi connectivity index (χ3v) is 5.15. The van der Waals surface area contributed by atoms with Crippen molar-refractivity contribution in [3.05, 3.63) is 18.3 Å². The van der Waals surface area contributed by atoms with Crippen LogP contribution in [0.1, 0.15) is 39.5 Å². The van der Waals surface area contributed by atoms with Crippen LogP contribution in [0, 0.1) is 5.92 Å². The van der Waals surface area contributed by atoms with E-state index in [9.17, 15) is 4.79 Å². The Morgan fingerprint density at radius 2 is 1.92 bits per heavy atom. The van der Waals surface area contributed by atoms with Crippen molar-refractivity contribution < 1.29 is 4.79 Å². The molecule has 0 bridgehead atoms. The number of carbonyl (C=O) groups excluding carboxylic acids is 1. The van der Waals surface area contributed by atoms with Crippen LogP contribution in [0.4, 0.5) is 5.82 Å². The van der Waals surface area contributed by atoms with Gasteiger partial charge in [0.15, 0.2) is 0 Å². The predicted molar refractivity (Wildman–Crippen MR) is 94.7 cm³/mol. The van der Waals surface area contributed by atoms with Crippen molar-refractivity contribution >= 4 is 11.7 Å². The number of nitrogens with zero attached hydrogens (tertiary/aromatic N) is 4. The Morgan fingerprint density at radius 1 is 1.21 bits per heavy atom. The molecule has 2 aliphatic rings. The molecule has 6 nitrogen and oxygen atoms in total. The van der Waals surface area contributed by atoms with Crippen molar-refractivity contribution in [2.45, 2.75) is 51.6 Å². The molecule has 6 heteroatoms. The molecular formula is C18H29N5O. The van der Waals surface area contributed by atoms with E-state index in [2.05, 4.69) is 39.2 Å². The Labute approximate surface area is 144 Å². The number of nitrogens with one attached hydrogen (secondary N) is 1. The van der Waals surface area contributed by atoms with Crippen molar-refractivity contribution in [1.82, 2.24) is 20.0 Å². The van der Waals surface area contributed by atoms with Crippen LogP contribution in [0.3, 0.4) is 0 Å². The molecule has 132 valence electrons. The molecule has 0 aliphatic carbocycles. The number of likely N-dealkylation sites (tertiary alicyclic amines) is 2. The second kappa shape index (κ2) is 7.92. The van der Waals surface area contributed by atoms with Crippen LogP contribution >= 0.6 is 0 Å². The summed E-state index contributed by atoms with van der Waals surface area (Å²) in [5, 5.41) is 11.4. The maximum atomic E-state index is 13.0. The minimum Gasteiger partial charge on any atom is -0.366 e. The highest BCUT2D eigenvalue weighted by molar-refractivity contribution is 5.82. The van der Waals surface area contributed by atoms with Crippen molar-refractivity contribution in [2.24, 2.45) is 5.92 Å². The lowest BCUT2D eigenvalue weighted by Gasteiger charge is -2.38. The number of carbonyl (C=O) groups is 1. The van der Waals surface area contributed by atoms with Gasteiger partial charge in [-0.15, -0.1) is 5.10 Å². The van der Waals surface area contributed by atoms with Crippen LogP contribution in [0.5, 0.6) is 0 Å². The fourth-order valence-corrected chi connectivity index (χ4v) is 3.90. The lowest BCUT2D eigenvalue weighted by Crippen LogP contribution is -2.53. The third kappa shape index (κ3) is 4.04. The summed E-state index contributed by atoms with van der Waals surface area (Å²) in [6.45, 7) is 8.13. The van der Waals surface area contributed by atoms with Gasteiger partial charge in [-0.3, -0.25) is 9.69 Å². The number of hydrogen-bond acceptors (Lipinski definition) is 5. The molecule has 2 saturated heterocycles. The molecule has 0 unspecified atom stereocenters. The van der Waals surface area contributed by atoms with Crippen LogP contribution in [0.2, 0.25) is 0 Å². The predicted octanol–water partition coefficient (Wildman–Crippen LogP) is 2.00. The fraction of sp³-hybridized carbons (Fsp3) is 0.722. The quantitative estimate of drug-likeness (QED) is 0.894. The van der Waals surface area contributed by atoms with Crippen LogP contribution in [0.15, 0.2) is 18.3 Å². The molecule has 0 aromatic carbocycles. The minimum absolute atomic E-state index is 0.0528. The van der Waals surface area contributed by atoms with E-state index in [1.165, 1.54) is 12.8 Å². The Hall–Kier alpha value is -1.69. The normalized spacial score (nSPS) is 21.2. The Morgan fingerprint density at radius 3 is 2.50 bits per heavy atom. The molecule has 1 aromatic rings. The van der Waals surface area contributed by atoms with E-state index in [1.54, 1.807) is 6.20 Å². The van der Waals surface area contributed by atoms with E-state index >= 15 is 0 Å². The Bertz CT molecular complexity index is 521. The van der Waals surface area contributed by atoms with E-state index < -0.39 is 0 Å². The molecule has 3 rings (SSSR count). The lowest BCUT2D eigenvalue weighted by molar-refractivity contribution is -0.139. The Balaban J connectivity index is 1.54. The largest absolute Gasteiger partial charge is 0.366 e. The van der Waals surface area contributed by atoms with Gasteiger partial charge < -0.3 is 10.2 Å². The van der Waals surface area contributed by atoms with Gasteiger partial charge in [-0.25, -0.2) is 0 Å². The number of aromatic nitrogens is 2. The Kier molecular flexibility index (Phi) is 5.66. The van der Waals surface area contributed by atoms with E-state index in [-0.39, 0.29) is 6.04 Å². The maximum absolute atomic E-state index is 13.0. The molecule has 1 N–H and O–H groups in total. The van der Waals surface area contributed by atoms with Crippen LogP contribution in [-0.4, -0.2) is 64.2 Å². The van der Waals surface area contributed by atoms with Crippen molar-refractivity contribution in [3.63, 3.8) is 0 Å². The van der Waals surface area contributed by atoms with Gasteiger partial charge in [0.2, 0.25) is 5.91 Å². The zero-order valence-electron chi connectivity index (χ0n) is 14.8. The number of anilines is 1. The van der Waals surface area contributed by atoms with E-state index in [4.69, 9.17) is 0 Å². The molecule has 0 spiro atoms.